The largest absolute Gasteiger partial charge is 0.496 e. The number of benzene rings is 2. The number of carbonyl (C=O) groups is 2. The van der Waals surface area contributed by atoms with E-state index in [4.69, 9.17) is 4.74 Å². The maximum absolute atomic E-state index is 13.3. The lowest BCUT2D eigenvalue weighted by molar-refractivity contribution is 0.0788. The highest BCUT2D eigenvalue weighted by atomic mass is 32.2. The summed E-state index contributed by atoms with van der Waals surface area (Å²) in [6.07, 6.45) is 7.04. The van der Waals surface area contributed by atoms with Gasteiger partial charge in [-0.1, -0.05) is 31.4 Å². The number of likely N-dealkylation sites (tertiary alicyclic amines) is 1. The van der Waals surface area contributed by atoms with Gasteiger partial charge in [0.2, 0.25) is 0 Å². The van der Waals surface area contributed by atoms with Crippen LogP contribution in [0.2, 0.25) is 0 Å². The zero-order chi connectivity index (χ0) is 24.1. The molecule has 4 rings (SSSR count). The van der Waals surface area contributed by atoms with Gasteiger partial charge in [0.1, 0.15) is 5.75 Å². The number of nitrogens with zero attached hydrogens (tertiary/aromatic N) is 1. The molecule has 0 radical (unpaired) electrons. The quantitative estimate of drug-likeness (QED) is 0.621. The second-order valence-corrected chi connectivity index (χ2v) is 10.5. The topological polar surface area (TPSA) is 105 Å². The van der Waals surface area contributed by atoms with Gasteiger partial charge in [-0.2, -0.15) is 0 Å². The highest BCUT2D eigenvalue weighted by Gasteiger charge is 2.26. The molecule has 1 aliphatic carbocycles. The van der Waals surface area contributed by atoms with Crippen molar-refractivity contribution in [1.29, 1.82) is 0 Å². The molecule has 0 aromatic heterocycles. The predicted octanol–water partition coefficient (Wildman–Crippen LogP) is 3.79. The number of amides is 2. The Hall–Kier alpha value is -3.07. The zero-order valence-electron chi connectivity index (χ0n) is 19.4. The summed E-state index contributed by atoms with van der Waals surface area (Å²) in [5.74, 6) is -0.230. The van der Waals surface area contributed by atoms with Gasteiger partial charge in [0, 0.05) is 19.1 Å². The molecule has 2 aromatic rings. The average Bonchev–Trinajstić information content (AvgIpc) is 3.39. The van der Waals surface area contributed by atoms with Crippen molar-refractivity contribution in [1.82, 2.24) is 10.2 Å². The SMILES string of the molecule is COc1ccc(S(=O)(=O)Nc2ccccc2C(=O)NC2CCCCC2)cc1C(=O)N1CCCC1. The molecule has 0 atom stereocenters. The smallest absolute Gasteiger partial charge is 0.261 e. The molecule has 1 saturated carbocycles. The minimum absolute atomic E-state index is 0.0710. The van der Waals surface area contributed by atoms with Crippen molar-refractivity contribution in [2.75, 3.05) is 24.9 Å². The lowest BCUT2D eigenvalue weighted by Gasteiger charge is -2.23. The third-order valence-corrected chi connectivity index (χ3v) is 7.82. The Labute approximate surface area is 200 Å². The molecule has 34 heavy (non-hydrogen) atoms. The normalized spacial score (nSPS) is 16.8. The van der Waals surface area contributed by atoms with Crippen molar-refractivity contribution in [3.8, 4) is 5.75 Å². The highest BCUT2D eigenvalue weighted by molar-refractivity contribution is 7.92. The molecular formula is C25H31N3O5S. The fraction of sp³-hybridized carbons (Fsp3) is 0.440. The first kappa shape index (κ1) is 24.1. The summed E-state index contributed by atoms with van der Waals surface area (Å²) < 4.78 is 34.4. The number of methoxy groups -OCH3 is 1. The van der Waals surface area contributed by atoms with E-state index in [0.29, 0.717) is 18.8 Å². The number of rotatable bonds is 7. The van der Waals surface area contributed by atoms with Crippen LogP contribution in [0.3, 0.4) is 0 Å². The molecule has 0 spiro atoms. The van der Waals surface area contributed by atoms with Crippen molar-refractivity contribution in [2.24, 2.45) is 0 Å². The Morgan fingerprint density at radius 3 is 2.35 bits per heavy atom. The summed E-state index contributed by atoms with van der Waals surface area (Å²) in [6.45, 7) is 1.28. The van der Waals surface area contributed by atoms with Gasteiger partial charge in [-0.25, -0.2) is 8.42 Å². The van der Waals surface area contributed by atoms with Gasteiger partial charge in [0.05, 0.1) is 28.8 Å². The number of hydrogen-bond acceptors (Lipinski definition) is 5. The second kappa shape index (κ2) is 10.5. The summed E-state index contributed by atoms with van der Waals surface area (Å²) in [4.78, 5) is 27.5. The Morgan fingerprint density at radius 1 is 0.941 bits per heavy atom. The van der Waals surface area contributed by atoms with E-state index in [-0.39, 0.29) is 39.6 Å². The van der Waals surface area contributed by atoms with Crippen LogP contribution in [0.1, 0.15) is 65.7 Å². The third kappa shape index (κ3) is 5.35. The maximum Gasteiger partial charge on any atom is 0.261 e. The Balaban J connectivity index is 1.58. The van der Waals surface area contributed by atoms with E-state index in [1.54, 1.807) is 29.2 Å². The van der Waals surface area contributed by atoms with Crippen LogP contribution in [0.15, 0.2) is 47.4 Å². The number of hydrogen-bond donors (Lipinski definition) is 2. The zero-order valence-corrected chi connectivity index (χ0v) is 20.2. The van der Waals surface area contributed by atoms with Gasteiger partial charge in [0.25, 0.3) is 21.8 Å². The summed E-state index contributed by atoms with van der Waals surface area (Å²) in [5.41, 5.74) is 0.660. The van der Waals surface area contributed by atoms with E-state index in [1.165, 1.54) is 31.7 Å². The number of para-hydroxylation sites is 1. The lowest BCUT2D eigenvalue weighted by Crippen LogP contribution is -2.36. The van der Waals surface area contributed by atoms with Crippen molar-refractivity contribution < 1.29 is 22.7 Å². The van der Waals surface area contributed by atoms with Gasteiger partial charge >= 0.3 is 0 Å². The van der Waals surface area contributed by atoms with Crippen LogP contribution >= 0.6 is 0 Å². The second-order valence-electron chi connectivity index (χ2n) is 8.82. The standard InChI is InChI=1S/C25H31N3O5S/c1-33-23-14-13-19(17-21(23)25(30)28-15-7-8-16-28)34(31,32)27-22-12-6-5-11-20(22)24(29)26-18-9-3-2-4-10-18/h5-6,11-14,17-18,27H,2-4,7-10,15-16H2,1H3,(H,26,29). The molecule has 2 N–H and O–H groups in total. The van der Waals surface area contributed by atoms with Crippen LogP contribution in [0.4, 0.5) is 5.69 Å². The first-order chi connectivity index (χ1) is 16.4. The van der Waals surface area contributed by atoms with Crippen LogP contribution in [0, 0.1) is 0 Å². The molecular weight excluding hydrogens is 454 g/mol. The number of ether oxygens (including phenoxy) is 1. The number of anilines is 1. The molecule has 8 nitrogen and oxygen atoms in total. The Bertz CT molecular complexity index is 1150. The molecule has 2 fully saturated rings. The van der Waals surface area contributed by atoms with Crippen LogP contribution in [-0.2, 0) is 10.0 Å². The van der Waals surface area contributed by atoms with E-state index in [1.807, 2.05) is 0 Å². The Morgan fingerprint density at radius 2 is 1.65 bits per heavy atom. The number of sulfonamides is 1. The van der Waals surface area contributed by atoms with E-state index in [0.717, 1.165) is 38.5 Å². The summed E-state index contributed by atoms with van der Waals surface area (Å²) in [7, 11) is -2.62. The molecule has 1 heterocycles. The third-order valence-electron chi connectivity index (χ3n) is 6.46. The summed E-state index contributed by atoms with van der Waals surface area (Å²) in [5, 5.41) is 3.03. The minimum atomic E-state index is -4.06. The van der Waals surface area contributed by atoms with E-state index < -0.39 is 10.0 Å². The minimum Gasteiger partial charge on any atom is -0.496 e. The molecule has 9 heteroatoms. The molecule has 0 bridgehead atoms. The van der Waals surface area contributed by atoms with Crippen LogP contribution in [0.5, 0.6) is 5.75 Å². The van der Waals surface area contributed by atoms with Crippen LogP contribution in [-0.4, -0.2) is 51.4 Å². The van der Waals surface area contributed by atoms with Crippen molar-refractivity contribution >= 4 is 27.5 Å². The van der Waals surface area contributed by atoms with Gasteiger partial charge in [-0.3, -0.25) is 14.3 Å². The highest BCUT2D eigenvalue weighted by Crippen LogP contribution is 2.28. The maximum atomic E-state index is 13.3. The van der Waals surface area contributed by atoms with Crippen molar-refractivity contribution in [2.45, 2.75) is 55.9 Å². The Kier molecular flexibility index (Phi) is 7.41. The molecule has 1 aliphatic heterocycles. The average molecular weight is 486 g/mol. The fourth-order valence-corrected chi connectivity index (χ4v) is 5.70. The van der Waals surface area contributed by atoms with E-state index in [2.05, 4.69) is 10.0 Å². The molecule has 182 valence electrons. The van der Waals surface area contributed by atoms with Gasteiger partial charge < -0.3 is 15.0 Å². The predicted molar refractivity (Wildman–Crippen MR) is 130 cm³/mol. The molecule has 2 amide bonds. The van der Waals surface area contributed by atoms with E-state index >= 15 is 0 Å². The first-order valence-corrected chi connectivity index (χ1v) is 13.3. The first-order valence-electron chi connectivity index (χ1n) is 11.8. The summed E-state index contributed by atoms with van der Waals surface area (Å²) in [6, 6.07) is 10.9. The van der Waals surface area contributed by atoms with Gasteiger partial charge in [0.15, 0.2) is 0 Å². The molecule has 0 unspecified atom stereocenters. The molecule has 2 aliphatic rings. The molecule has 2 aromatic carbocycles. The van der Waals surface area contributed by atoms with Crippen LogP contribution < -0.4 is 14.8 Å². The number of nitrogens with one attached hydrogen (secondary N) is 2. The number of carbonyl (C=O) groups excluding carboxylic acids is 2. The van der Waals surface area contributed by atoms with E-state index in [9.17, 15) is 18.0 Å². The van der Waals surface area contributed by atoms with Crippen molar-refractivity contribution in [3.05, 3.63) is 53.6 Å². The van der Waals surface area contributed by atoms with Gasteiger partial charge in [-0.05, 0) is 56.0 Å². The van der Waals surface area contributed by atoms with Crippen LogP contribution in [0.25, 0.3) is 0 Å². The van der Waals surface area contributed by atoms with Crippen molar-refractivity contribution in [3.63, 3.8) is 0 Å². The lowest BCUT2D eigenvalue weighted by atomic mass is 9.95. The summed E-state index contributed by atoms with van der Waals surface area (Å²) >= 11 is 0. The van der Waals surface area contributed by atoms with Gasteiger partial charge in [-0.15, -0.1) is 0 Å². The monoisotopic (exact) mass is 485 g/mol. The molecule has 1 saturated heterocycles. The fourth-order valence-electron chi connectivity index (χ4n) is 4.60.